The van der Waals surface area contributed by atoms with Crippen molar-refractivity contribution < 1.29 is 4.79 Å². The molecule has 2 aliphatic heterocycles. The fraction of sp³-hybridized carbons (Fsp3) is 0.375. The van der Waals surface area contributed by atoms with Gasteiger partial charge in [-0.15, -0.1) is 24.2 Å². The van der Waals surface area contributed by atoms with Crippen molar-refractivity contribution in [3.63, 3.8) is 0 Å². The number of aliphatic imine (C=N–C) groups is 2. The smallest absolute Gasteiger partial charge is 0.267 e. The van der Waals surface area contributed by atoms with Gasteiger partial charge >= 0.3 is 0 Å². The molecule has 1 unspecified atom stereocenters. The van der Waals surface area contributed by atoms with Crippen LogP contribution in [0.15, 0.2) is 21.5 Å². The highest BCUT2D eigenvalue weighted by Gasteiger charge is 2.29. The van der Waals surface area contributed by atoms with Crippen molar-refractivity contribution in [3.05, 3.63) is 11.5 Å². The lowest BCUT2D eigenvalue weighted by Crippen LogP contribution is -2.30. The molecule has 2 heterocycles. The topological polar surface area (TPSA) is 53.8 Å². The Bertz CT molecular complexity index is 337. The summed E-state index contributed by atoms with van der Waals surface area (Å²) in [4.78, 5) is 19.5. The van der Waals surface area contributed by atoms with Crippen LogP contribution in [0.25, 0.3) is 0 Å². The van der Waals surface area contributed by atoms with Crippen LogP contribution in [-0.4, -0.2) is 36.3 Å². The number of fused-ring (bicyclic) bond motifs is 1. The van der Waals surface area contributed by atoms with Crippen molar-refractivity contribution in [2.24, 2.45) is 9.98 Å². The van der Waals surface area contributed by atoms with Gasteiger partial charge in [0.1, 0.15) is 11.1 Å². The predicted octanol–water partition coefficient (Wildman–Crippen LogP) is 0.636. The van der Waals surface area contributed by atoms with Gasteiger partial charge in [-0.05, 0) is 18.5 Å². The molecule has 1 atom stereocenters. The zero-order valence-corrected chi connectivity index (χ0v) is 9.19. The maximum atomic E-state index is 11.4. The summed E-state index contributed by atoms with van der Waals surface area (Å²) in [6, 6.07) is 0. The normalized spacial score (nSPS) is 23.8. The Morgan fingerprint density at radius 2 is 2.36 bits per heavy atom. The first kappa shape index (κ1) is 11.4. The van der Waals surface area contributed by atoms with Crippen LogP contribution in [0, 0.1) is 0 Å². The number of allylic oxidation sites excluding steroid dienone is 1. The number of carbonyl (C=O) groups is 1. The number of nitrogens with zero attached hydrogens (tertiary/aromatic N) is 2. The summed E-state index contributed by atoms with van der Waals surface area (Å²) in [5, 5.41) is 4.62. The molecule has 76 valence electrons. The molecule has 0 aromatic rings. The fourth-order valence-electron chi connectivity index (χ4n) is 1.22. The minimum Gasteiger partial charge on any atom is -0.313 e. The van der Waals surface area contributed by atoms with Gasteiger partial charge in [-0.25, -0.2) is 4.99 Å². The zero-order valence-electron chi connectivity index (χ0n) is 7.56. The molecular formula is C8H10ClN3OS. The van der Waals surface area contributed by atoms with E-state index < -0.39 is 0 Å². The van der Waals surface area contributed by atoms with E-state index in [9.17, 15) is 4.79 Å². The highest BCUT2D eigenvalue weighted by molar-refractivity contribution is 8.04. The monoisotopic (exact) mass is 231 g/mol. The van der Waals surface area contributed by atoms with E-state index in [0.29, 0.717) is 12.4 Å². The number of likely N-dealkylation sites (N-methyl/N-ethyl adjacent to an activating group) is 1. The molecule has 1 N–H and O–H groups in total. The number of rotatable bonds is 2. The van der Waals surface area contributed by atoms with Crippen LogP contribution in [0.4, 0.5) is 0 Å². The van der Waals surface area contributed by atoms with E-state index in [-0.39, 0.29) is 23.6 Å². The van der Waals surface area contributed by atoms with Gasteiger partial charge in [0.05, 0.1) is 12.3 Å². The highest BCUT2D eigenvalue weighted by Crippen LogP contribution is 2.25. The summed E-state index contributed by atoms with van der Waals surface area (Å²) in [6.45, 7) is 0.542. The Hall–Kier alpha value is -0.650. The molecule has 0 saturated carbocycles. The molecular weight excluding hydrogens is 222 g/mol. The molecule has 0 bridgehead atoms. The van der Waals surface area contributed by atoms with Gasteiger partial charge in [0.2, 0.25) is 0 Å². The van der Waals surface area contributed by atoms with Crippen LogP contribution >= 0.6 is 24.2 Å². The third-order valence-electron chi connectivity index (χ3n) is 1.78. The molecule has 0 aromatic carbocycles. The van der Waals surface area contributed by atoms with Crippen LogP contribution < -0.4 is 5.32 Å². The first-order valence-corrected chi connectivity index (χ1v) is 4.92. The molecule has 2 aliphatic rings. The molecule has 4 nitrogen and oxygen atoms in total. The van der Waals surface area contributed by atoms with Gasteiger partial charge in [-0.3, -0.25) is 4.79 Å². The lowest BCUT2D eigenvalue weighted by molar-refractivity contribution is -0.116. The number of nitrogens with one attached hydrogen (secondary N) is 1. The summed E-state index contributed by atoms with van der Waals surface area (Å²) in [5.74, 6) is 0.483. The van der Waals surface area contributed by atoms with Gasteiger partial charge in [-0.1, -0.05) is 0 Å². The summed E-state index contributed by atoms with van der Waals surface area (Å²) in [6.07, 6.45) is 1.87. The number of halogens is 1. The molecule has 0 fully saturated rings. The second-order valence-corrected chi connectivity index (χ2v) is 3.77. The summed E-state index contributed by atoms with van der Waals surface area (Å²) in [7, 11) is 1.80. The number of carbonyl (C=O) groups excluding carboxylic acids is 1. The average molecular weight is 232 g/mol. The fourth-order valence-corrected chi connectivity index (χ4v) is 2.04. The Morgan fingerprint density at radius 3 is 3.07 bits per heavy atom. The minimum absolute atomic E-state index is 0. The van der Waals surface area contributed by atoms with E-state index in [2.05, 4.69) is 15.3 Å². The quantitative estimate of drug-likeness (QED) is 0.759. The Labute approximate surface area is 92.4 Å². The molecule has 14 heavy (non-hydrogen) atoms. The molecule has 1 amide bonds. The van der Waals surface area contributed by atoms with Crippen LogP contribution in [0.5, 0.6) is 0 Å². The van der Waals surface area contributed by atoms with E-state index >= 15 is 0 Å². The van der Waals surface area contributed by atoms with Gasteiger partial charge in [0, 0.05) is 0 Å². The number of thioether (sulfide) groups is 1. The molecule has 0 aliphatic carbocycles. The predicted molar refractivity (Wildman–Crippen MR) is 61.6 cm³/mol. The van der Waals surface area contributed by atoms with Gasteiger partial charge < -0.3 is 5.32 Å². The summed E-state index contributed by atoms with van der Waals surface area (Å²) >= 11 is 1.47. The van der Waals surface area contributed by atoms with Crippen LogP contribution in [0.1, 0.15) is 0 Å². The lowest BCUT2D eigenvalue weighted by atomic mass is 10.2. The van der Waals surface area contributed by atoms with Crippen molar-refractivity contribution in [3.8, 4) is 0 Å². The number of amidine groups is 1. The third-order valence-corrected chi connectivity index (χ3v) is 2.79. The molecule has 2 rings (SSSR count). The highest BCUT2D eigenvalue weighted by atomic mass is 35.5. The molecule has 0 spiro atoms. The molecule has 0 saturated heterocycles. The zero-order chi connectivity index (χ0) is 9.26. The van der Waals surface area contributed by atoms with E-state index in [4.69, 9.17) is 0 Å². The average Bonchev–Trinajstić information content (AvgIpc) is 2.53. The third kappa shape index (κ3) is 2.05. The largest absolute Gasteiger partial charge is 0.313 e. The van der Waals surface area contributed by atoms with Crippen molar-refractivity contribution in [1.29, 1.82) is 0 Å². The van der Waals surface area contributed by atoms with Crippen molar-refractivity contribution in [2.75, 3.05) is 13.6 Å². The van der Waals surface area contributed by atoms with Gasteiger partial charge in [0.25, 0.3) is 5.91 Å². The minimum atomic E-state index is -0.180. The standard InChI is InChI=1S/C8H9N3OS.ClH/c1-9-4-6-10-5-2-3-13-7(5)8(12)11-6;/h2-3,7,9H,4H2,1H3;1H. The molecule has 0 radical (unpaired) electrons. The maximum Gasteiger partial charge on any atom is 0.267 e. The number of hydrogen-bond acceptors (Lipinski definition) is 4. The molecule has 0 aromatic heterocycles. The summed E-state index contributed by atoms with van der Waals surface area (Å²) < 4.78 is 0. The van der Waals surface area contributed by atoms with E-state index in [1.54, 1.807) is 7.05 Å². The number of hydrogen-bond donors (Lipinski definition) is 1. The van der Waals surface area contributed by atoms with Crippen molar-refractivity contribution in [2.45, 2.75) is 5.25 Å². The second-order valence-electron chi connectivity index (χ2n) is 2.75. The van der Waals surface area contributed by atoms with Crippen molar-refractivity contribution >= 4 is 41.6 Å². The molecule has 6 heteroatoms. The van der Waals surface area contributed by atoms with Crippen molar-refractivity contribution in [1.82, 2.24) is 5.32 Å². The Morgan fingerprint density at radius 1 is 1.57 bits per heavy atom. The van der Waals surface area contributed by atoms with E-state index in [1.165, 1.54) is 11.8 Å². The van der Waals surface area contributed by atoms with Crippen LogP contribution in [0.2, 0.25) is 0 Å². The Kier molecular flexibility index (Phi) is 3.86. The second kappa shape index (κ2) is 4.72. The first-order valence-electron chi connectivity index (χ1n) is 3.98. The number of amides is 1. The van der Waals surface area contributed by atoms with E-state index in [0.717, 1.165) is 5.71 Å². The maximum absolute atomic E-state index is 11.4. The SMILES string of the molecule is CNCC1=NC(=O)C2SC=CC2=N1.Cl. The first-order chi connectivity index (χ1) is 6.31. The van der Waals surface area contributed by atoms with Crippen LogP contribution in [0.3, 0.4) is 0 Å². The summed E-state index contributed by atoms with van der Waals surface area (Å²) in [5.41, 5.74) is 0.829. The Balaban J connectivity index is 0.000000980. The van der Waals surface area contributed by atoms with E-state index in [1.807, 2.05) is 11.5 Å². The lowest BCUT2D eigenvalue weighted by Gasteiger charge is -2.12. The van der Waals surface area contributed by atoms with Gasteiger partial charge in [0.15, 0.2) is 0 Å². The van der Waals surface area contributed by atoms with Crippen LogP contribution in [-0.2, 0) is 4.79 Å². The van der Waals surface area contributed by atoms with Gasteiger partial charge in [-0.2, -0.15) is 4.99 Å².